The zero-order valence-electron chi connectivity index (χ0n) is 19.5. The Balaban J connectivity index is 1.44. The Morgan fingerprint density at radius 2 is 2.20 bits per heavy atom. The molecule has 1 aliphatic heterocycles. The molecule has 11 heteroatoms. The minimum Gasteiger partial charge on any atom is -0.411 e. The van der Waals surface area contributed by atoms with Gasteiger partial charge in [0.25, 0.3) is 5.91 Å². The Kier molecular flexibility index (Phi) is 7.48. The van der Waals surface area contributed by atoms with E-state index in [2.05, 4.69) is 20.7 Å². The van der Waals surface area contributed by atoms with E-state index in [1.54, 1.807) is 40.6 Å². The van der Waals surface area contributed by atoms with Gasteiger partial charge in [0.05, 0.1) is 28.5 Å². The maximum Gasteiger partial charge on any atom is 0.272 e. The standard InChI is InChI=1S/C24H26ClN7O3/c1-15(14-31-9-8-20(28-31)17-6-7-18(13-26)19(25)11-17)27-24(33)21-12-22(16(2)30-34)32(29-21)23-5-3-4-10-35-23/h6-9,11-12,15,23,34H,3-5,10,14H2,1-2H3,(H,27,33)/b30-16+/t15-,23?/m0/s1. The van der Waals surface area contributed by atoms with E-state index in [4.69, 9.17) is 21.6 Å². The minimum atomic E-state index is -0.342. The van der Waals surface area contributed by atoms with Crippen LogP contribution in [-0.2, 0) is 11.3 Å². The Bertz CT molecular complexity index is 1280. The summed E-state index contributed by atoms with van der Waals surface area (Å²) in [4.78, 5) is 12.9. The van der Waals surface area contributed by atoms with Crippen molar-refractivity contribution in [1.29, 1.82) is 5.26 Å². The minimum absolute atomic E-state index is 0.220. The summed E-state index contributed by atoms with van der Waals surface area (Å²) >= 11 is 6.14. The average Bonchev–Trinajstić information content (AvgIpc) is 3.52. The lowest BCUT2D eigenvalue weighted by Gasteiger charge is -2.24. The second-order valence-corrected chi connectivity index (χ2v) is 8.88. The number of nitrogens with zero attached hydrogens (tertiary/aromatic N) is 6. The van der Waals surface area contributed by atoms with Crippen LogP contribution in [0.4, 0.5) is 0 Å². The van der Waals surface area contributed by atoms with Crippen LogP contribution in [0.2, 0.25) is 5.02 Å². The number of hydrogen-bond acceptors (Lipinski definition) is 7. The number of benzene rings is 1. The third-order valence-electron chi connectivity index (χ3n) is 5.78. The number of nitriles is 1. The molecular weight excluding hydrogens is 470 g/mol. The van der Waals surface area contributed by atoms with E-state index < -0.39 is 0 Å². The smallest absolute Gasteiger partial charge is 0.272 e. The molecule has 35 heavy (non-hydrogen) atoms. The van der Waals surface area contributed by atoms with Crippen molar-refractivity contribution in [3.8, 4) is 17.3 Å². The summed E-state index contributed by atoms with van der Waals surface area (Å²) in [5.41, 5.74) is 3.03. The number of nitrogens with one attached hydrogen (secondary N) is 1. The van der Waals surface area contributed by atoms with Crippen LogP contribution in [0.5, 0.6) is 0 Å². The normalized spacial score (nSPS) is 17.1. The zero-order chi connectivity index (χ0) is 24.9. The van der Waals surface area contributed by atoms with Crippen LogP contribution >= 0.6 is 11.6 Å². The fourth-order valence-corrected chi connectivity index (χ4v) is 4.19. The van der Waals surface area contributed by atoms with E-state index in [1.807, 2.05) is 25.3 Å². The topological polar surface area (TPSA) is 130 Å². The first-order valence-electron chi connectivity index (χ1n) is 11.3. The maximum atomic E-state index is 12.9. The van der Waals surface area contributed by atoms with E-state index in [9.17, 15) is 10.0 Å². The number of ether oxygens (including phenoxy) is 1. The third kappa shape index (κ3) is 5.53. The predicted molar refractivity (Wildman–Crippen MR) is 129 cm³/mol. The number of amides is 1. The molecule has 1 aliphatic rings. The number of halogens is 1. The molecule has 0 saturated carbocycles. The van der Waals surface area contributed by atoms with Crippen molar-refractivity contribution < 1.29 is 14.7 Å². The number of carbonyl (C=O) groups is 1. The van der Waals surface area contributed by atoms with E-state index in [0.29, 0.717) is 40.8 Å². The van der Waals surface area contributed by atoms with E-state index in [1.165, 1.54) is 0 Å². The molecule has 1 amide bonds. The van der Waals surface area contributed by atoms with Crippen molar-refractivity contribution in [3.05, 3.63) is 58.5 Å². The first-order valence-corrected chi connectivity index (χ1v) is 11.7. The fourth-order valence-electron chi connectivity index (χ4n) is 3.97. The molecule has 1 aromatic carbocycles. The van der Waals surface area contributed by atoms with Crippen LogP contribution in [0.15, 0.2) is 41.7 Å². The van der Waals surface area contributed by atoms with Crippen molar-refractivity contribution in [1.82, 2.24) is 24.9 Å². The van der Waals surface area contributed by atoms with Crippen LogP contribution in [0, 0.1) is 11.3 Å². The van der Waals surface area contributed by atoms with Gasteiger partial charge in [-0.05, 0) is 57.4 Å². The molecule has 2 atom stereocenters. The lowest BCUT2D eigenvalue weighted by molar-refractivity contribution is -0.0399. The molecule has 0 bridgehead atoms. The van der Waals surface area contributed by atoms with Gasteiger partial charge < -0.3 is 15.3 Å². The summed E-state index contributed by atoms with van der Waals surface area (Å²) in [6, 6.07) is 10.4. The van der Waals surface area contributed by atoms with Gasteiger partial charge in [-0.1, -0.05) is 22.8 Å². The molecule has 1 saturated heterocycles. The molecule has 0 aliphatic carbocycles. The summed E-state index contributed by atoms with van der Waals surface area (Å²) in [7, 11) is 0. The van der Waals surface area contributed by atoms with Gasteiger partial charge in [0.15, 0.2) is 11.9 Å². The summed E-state index contributed by atoms with van der Waals surface area (Å²) in [6.45, 7) is 4.59. The number of oxime groups is 1. The molecule has 3 aromatic rings. The SMILES string of the molecule is C/C(=N\O)c1cc(C(=O)N[C@@H](C)Cn2ccc(-c3ccc(C#N)c(Cl)c3)n2)nn1C1CCCCO1. The van der Waals surface area contributed by atoms with Gasteiger partial charge in [-0.2, -0.15) is 15.5 Å². The van der Waals surface area contributed by atoms with Crippen LogP contribution in [0.3, 0.4) is 0 Å². The summed E-state index contributed by atoms with van der Waals surface area (Å²) in [6.07, 6.45) is 4.28. The van der Waals surface area contributed by atoms with Crippen LogP contribution in [0.1, 0.15) is 61.1 Å². The van der Waals surface area contributed by atoms with Crippen LogP contribution < -0.4 is 5.32 Å². The van der Waals surface area contributed by atoms with Crippen molar-refractivity contribution in [3.63, 3.8) is 0 Å². The second kappa shape index (κ2) is 10.7. The van der Waals surface area contributed by atoms with E-state index >= 15 is 0 Å². The Morgan fingerprint density at radius 3 is 2.89 bits per heavy atom. The van der Waals surface area contributed by atoms with Gasteiger partial charge in [-0.15, -0.1) is 0 Å². The molecule has 1 unspecified atom stereocenters. The second-order valence-electron chi connectivity index (χ2n) is 8.47. The zero-order valence-corrected chi connectivity index (χ0v) is 20.2. The third-order valence-corrected chi connectivity index (χ3v) is 6.09. The summed E-state index contributed by atoms with van der Waals surface area (Å²) in [5.74, 6) is -0.342. The van der Waals surface area contributed by atoms with Gasteiger partial charge in [0, 0.05) is 24.4 Å². The van der Waals surface area contributed by atoms with Gasteiger partial charge in [-0.3, -0.25) is 9.48 Å². The lowest BCUT2D eigenvalue weighted by Crippen LogP contribution is -2.36. The quantitative estimate of drug-likeness (QED) is 0.289. The largest absolute Gasteiger partial charge is 0.411 e. The number of hydrogen-bond donors (Lipinski definition) is 2. The number of aromatic nitrogens is 4. The van der Waals surface area contributed by atoms with Crippen molar-refractivity contribution in [2.24, 2.45) is 5.16 Å². The predicted octanol–water partition coefficient (Wildman–Crippen LogP) is 3.99. The molecule has 10 nitrogen and oxygen atoms in total. The van der Waals surface area contributed by atoms with Gasteiger partial charge >= 0.3 is 0 Å². The molecule has 0 radical (unpaired) electrons. The molecule has 182 valence electrons. The highest BCUT2D eigenvalue weighted by Gasteiger charge is 2.24. The first-order chi connectivity index (χ1) is 16.9. The highest BCUT2D eigenvalue weighted by atomic mass is 35.5. The number of rotatable bonds is 7. The Hall–Kier alpha value is -3.68. The van der Waals surface area contributed by atoms with Crippen LogP contribution in [-0.4, -0.2) is 49.0 Å². The average molecular weight is 496 g/mol. The Labute approximate surface area is 207 Å². The number of carbonyl (C=O) groups excluding carboxylic acids is 1. The molecule has 2 aromatic heterocycles. The van der Waals surface area contributed by atoms with Crippen LogP contribution in [0.25, 0.3) is 11.3 Å². The monoisotopic (exact) mass is 495 g/mol. The molecular formula is C24H26ClN7O3. The molecule has 3 heterocycles. The molecule has 2 N–H and O–H groups in total. The van der Waals surface area contributed by atoms with Gasteiger partial charge in [0.1, 0.15) is 11.8 Å². The lowest BCUT2D eigenvalue weighted by atomic mass is 10.1. The maximum absolute atomic E-state index is 12.9. The van der Waals surface area contributed by atoms with Crippen molar-refractivity contribution >= 4 is 23.2 Å². The van der Waals surface area contributed by atoms with Crippen molar-refractivity contribution in [2.45, 2.75) is 51.9 Å². The highest BCUT2D eigenvalue weighted by molar-refractivity contribution is 6.32. The highest BCUT2D eigenvalue weighted by Crippen LogP contribution is 2.25. The Morgan fingerprint density at radius 1 is 1.37 bits per heavy atom. The van der Waals surface area contributed by atoms with E-state index in [-0.39, 0.29) is 23.9 Å². The van der Waals surface area contributed by atoms with Crippen molar-refractivity contribution in [2.75, 3.05) is 6.61 Å². The summed E-state index contributed by atoms with van der Waals surface area (Å²) < 4.78 is 9.16. The van der Waals surface area contributed by atoms with Gasteiger partial charge in [-0.25, -0.2) is 4.68 Å². The molecule has 0 spiro atoms. The van der Waals surface area contributed by atoms with E-state index in [0.717, 1.165) is 24.8 Å². The fraction of sp³-hybridized carbons (Fsp3) is 0.375. The summed E-state index contributed by atoms with van der Waals surface area (Å²) in [5, 5.41) is 33.9. The molecule has 4 rings (SSSR count). The molecule has 1 fully saturated rings. The van der Waals surface area contributed by atoms with Gasteiger partial charge in [0.2, 0.25) is 0 Å². The first kappa shape index (κ1) is 24.4.